The zero-order valence-electron chi connectivity index (χ0n) is 9.24. The van der Waals surface area contributed by atoms with Gasteiger partial charge in [-0.15, -0.1) is 0 Å². The molecule has 1 aromatic carbocycles. The number of hydrogen-bond acceptors (Lipinski definition) is 3. The van der Waals surface area contributed by atoms with Crippen molar-refractivity contribution in [2.24, 2.45) is 0 Å². The number of nitrogens with one attached hydrogen (secondary N) is 2. The number of anilines is 1. The van der Waals surface area contributed by atoms with Crippen molar-refractivity contribution in [3.05, 3.63) is 24.4 Å². The third kappa shape index (κ3) is 1.65. The number of nitrogens with zero attached hydrogens (tertiary/aromatic N) is 2. The summed E-state index contributed by atoms with van der Waals surface area (Å²) in [6.07, 6.45) is 5.72. The summed E-state index contributed by atoms with van der Waals surface area (Å²) >= 11 is 0. The first-order chi connectivity index (χ1) is 7.95. The zero-order chi connectivity index (χ0) is 10.8. The topological polar surface area (TPSA) is 44.0 Å². The molecule has 2 aromatic rings. The molecule has 1 fully saturated rings. The lowest BCUT2D eigenvalue weighted by molar-refractivity contribution is 0.663. The largest absolute Gasteiger partial charge is 0.308 e. The van der Waals surface area contributed by atoms with Crippen LogP contribution < -0.4 is 10.4 Å². The Morgan fingerprint density at radius 2 is 2.19 bits per heavy atom. The number of hydrogen-bond donors (Lipinski definition) is 2. The van der Waals surface area contributed by atoms with Crippen LogP contribution in [0.25, 0.3) is 10.9 Å². The number of benzene rings is 1. The van der Waals surface area contributed by atoms with Gasteiger partial charge in [-0.2, -0.15) is 5.10 Å². The zero-order valence-corrected chi connectivity index (χ0v) is 9.24. The molecule has 1 aliphatic rings. The molecule has 0 atom stereocenters. The molecule has 0 amide bonds. The third-order valence-electron chi connectivity index (χ3n) is 3.11. The van der Waals surface area contributed by atoms with Crippen molar-refractivity contribution in [1.82, 2.24) is 15.6 Å². The Hall–Kier alpha value is -1.55. The summed E-state index contributed by atoms with van der Waals surface area (Å²) in [5.74, 6) is 0. The summed E-state index contributed by atoms with van der Waals surface area (Å²) in [5.41, 5.74) is 5.80. The Morgan fingerprint density at radius 3 is 3.19 bits per heavy atom. The van der Waals surface area contributed by atoms with Gasteiger partial charge in [-0.25, -0.2) is 5.43 Å². The van der Waals surface area contributed by atoms with Crippen LogP contribution in [0.2, 0.25) is 0 Å². The molecule has 1 aliphatic heterocycles. The lowest BCUT2D eigenvalue weighted by atomic mass is 10.2. The van der Waals surface area contributed by atoms with E-state index in [-0.39, 0.29) is 0 Å². The molecule has 0 radical (unpaired) electrons. The lowest BCUT2D eigenvalue weighted by Crippen LogP contribution is -2.37. The maximum absolute atomic E-state index is 4.10. The quantitative estimate of drug-likeness (QED) is 0.767. The van der Waals surface area contributed by atoms with Gasteiger partial charge in [0, 0.05) is 18.5 Å². The molecule has 1 aromatic heterocycles. The molecule has 3 rings (SSSR count). The summed E-state index contributed by atoms with van der Waals surface area (Å²) in [6.45, 7) is 2.14. The molecular weight excluding hydrogens is 200 g/mol. The van der Waals surface area contributed by atoms with Gasteiger partial charge < -0.3 is 5.01 Å². The number of aromatic nitrogens is 2. The van der Waals surface area contributed by atoms with Crippen LogP contribution in [0.5, 0.6) is 0 Å². The maximum atomic E-state index is 4.10. The van der Waals surface area contributed by atoms with Crippen LogP contribution in [0.15, 0.2) is 24.4 Å². The SMILES string of the molecule is c1cc(N2CCCCCN2)c2cn[nH]c2c1. The van der Waals surface area contributed by atoms with Gasteiger partial charge >= 0.3 is 0 Å². The van der Waals surface area contributed by atoms with Crippen LogP contribution in [0.3, 0.4) is 0 Å². The molecule has 84 valence electrons. The smallest absolute Gasteiger partial charge is 0.0671 e. The van der Waals surface area contributed by atoms with Gasteiger partial charge in [-0.1, -0.05) is 12.5 Å². The first kappa shape index (κ1) is 9.66. The van der Waals surface area contributed by atoms with E-state index in [2.05, 4.69) is 38.8 Å². The first-order valence-corrected chi connectivity index (χ1v) is 5.88. The second kappa shape index (κ2) is 4.14. The van der Waals surface area contributed by atoms with E-state index < -0.39 is 0 Å². The molecule has 0 bridgehead atoms. The van der Waals surface area contributed by atoms with Crippen molar-refractivity contribution in [2.45, 2.75) is 19.3 Å². The van der Waals surface area contributed by atoms with Crippen LogP contribution >= 0.6 is 0 Å². The van der Waals surface area contributed by atoms with Gasteiger partial charge in [-0.05, 0) is 25.0 Å². The molecule has 4 nitrogen and oxygen atoms in total. The second-order valence-electron chi connectivity index (χ2n) is 4.23. The Kier molecular flexibility index (Phi) is 2.50. The fourth-order valence-electron chi connectivity index (χ4n) is 2.26. The molecule has 0 aliphatic carbocycles. The molecule has 0 saturated carbocycles. The summed E-state index contributed by atoms with van der Waals surface area (Å²) in [7, 11) is 0. The van der Waals surface area contributed by atoms with Crippen LogP contribution in [0, 0.1) is 0 Å². The maximum Gasteiger partial charge on any atom is 0.0671 e. The van der Waals surface area contributed by atoms with Crippen LogP contribution in [-0.2, 0) is 0 Å². The monoisotopic (exact) mass is 216 g/mol. The standard InChI is InChI=1S/C12H16N4/c1-2-7-14-16(8-3-1)12-6-4-5-11-10(12)9-13-15-11/h4-6,9,14H,1-3,7-8H2,(H,13,15). The molecule has 2 N–H and O–H groups in total. The summed E-state index contributed by atoms with van der Waals surface area (Å²) < 4.78 is 0. The van der Waals surface area contributed by atoms with E-state index in [0.29, 0.717) is 0 Å². The molecule has 0 spiro atoms. The van der Waals surface area contributed by atoms with Gasteiger partial charge in [0.05, 0.1) is 17.4 Å². The summed E-state index contributed by atoms with van der Waals surface area (Å²) in [6, 6.07) is 6.28. The minimum atomic E-state index is 1.06. The van der Waals surface area contributed by atoms with Crippen molar-refractivity contribution in [1.29, 1.82) is 0 Å². The van der Waals surface area contributed by atoms with Crippen molar-refractivity contribution >= 4 is 16.6 Å². The van der Waals surface area contributed by atoms with Crippen LogP contribution in [0.4, 0.5) is 5.69 Å². The highest BCUT2D eigenvalue weighted by molar-refractivity contribution is 5.91. The fourth-order valence-corrected chi connectivity index (χ4v) is 2.26. The molecular formula is C12H16N4. The molecule has 4 heteroatoms. The number of H-pyrrole nitrogens is 1. The van der Waals surface area contributed by atoms with Crippen LogP contribution in [-0.4, -0.2) is 23.3 Å². The predicted molar refractivity (Wildman–Crippen MR) is 65.3 cm³/mol. The fraction of sp³-hybridized carbons (Fsp3) is 0.417. The summed E-state index contributed by atoms with van der Waals surface area (Å²) in [5, 5.41) is 10.6. The molecule has 2 heterocycles. The summed E-state index contributed by atoms with van der Waals surface area (Å²) in [4.78, 5) is 0. The number of fused-ring (bicyclic) bond motifs is 1. The van der Waals surface area contributed by atoms with E-state index in [0.717, 1.165) is 18.6 Å². The Morgan fingerprint density at radius 1 is 1.19 bits per heavy atom. The van der Waals surface area contributed by atoms with Gasteiger partial charge in [0.1, 0.15) is 0 Å². The Balaban J connectivity index is 2.00. The van der Waals surface area contributed by atoms with Crippen molar-refractivity contribution in [3.63, 3.8) is 0 Å². The van der Waals surface area contributed by atoms with Gasteiger partial charge in [0.2, 0.25) is 0 Å². The highest BCUT2D eigenvalue weighted by atomic mass is 15.5. The normalized spacial score (nSPS) is 17.6. The molecule has 0 unspecified atom stereocenters. The Bertz CT molecular complexity index is 469. The molecule has 1 saturated heterocycles. The average molecular weight is 216 g/mol. The highest BCUT2D eigenvalue weighted by Gasteiger charge is 2.12. The average Bonchev–Trinajstić information content (AvgIpc) is 2.63. The van der Waals surface area contributed by atoms with Crippen molar-refractivity contribution in [3.8, 4) is 0 Å². The van der Waals surface area contributed by atoms with E-state index in [1.165, 1.54) is 30.3 Å². The van der Waals surface area contributed by atoms with E-state index in [4.69, 9.17) is 0 Å². The van der Waals surface area contributed by atoms with E-state index >= 15 is 0 Å². The number of aromatic amines is 1. The van der Waals surface area contributed by atoms with E-state index in [1.54, 1.807) is 0 Å². The minimum Gasteiger partial charge on any atom is -0.308 e. The van der Waals surface area contributed by atoms with Gasteiger partial charge in [0.25, 0.3) is 0 Å². The van der Waals surface area contributed by atoms with Gasteiger partial charge in [0.15, 0.2) is 0 Å². The van der Waals surface area contributed by atoms with Crippen molar-refractivity contribution in [2.75, 3.05) is 18.1 Å². The van der Waals surface area contributed by atoms with Crippen molar-refractivity contribution < 1.29 is 0 Å². The highest BCUT2D eigenvalue weighted by Crippen LogP contribution is 2.25. The molecule has 16 heavy (non-hydrogen) atoms. The second-order valence-corrected chi connectivity index (χ2v) is 4.23. The number of rotatable bonds is 1. The first-order valence-electron chi connectivity index (χ1n) is 5.88. The van der Waals surface area contributed by atoms with E-state index in [9.17, 15) is 0 Å². The van der Waals surface area contributed by atoms with Crippen LogP contribution in [0.1, 0.15) is 19.3 Å². The predicted octanol–water partition coefficient (Wildman–Crippen LogP) is 2.06. The third-order valence-corrected chi connectivity index (χ3v) is 3.11. The van der Waals surface area contributed by atoms with E-state index in [1.807, 2.05) is 6.20 Å². The number of hydrazine groups is 1. The van der Waals surface area contributed by atoms with Gasteiger partial charge in [-0.3, -0.25) is 5.10 Å². The Labute approximate surface area is 94.6 Å². The lowest BCUT2D eigenvalue weighted by Gasteiger charge is -2.23. The minimum absolute atomic E-state index is 1.06.